The Balaban J connectivity index is 2.97. The lowest BCUT2D eigenvalue weighted by atomic mass is 9.97. The topological polar surface area (TPSA) is 35.5 Å². The van der Waals surface area contributed by atoms with Gasteiger partial charge in [-0.1, -0.05) is 17.9 Å². The van der Waals surface area contributed by atoms with Gasteiger partial charge in [0.1, 0.15) is 0 Å². The molecule has 102 valence electrons. The van der Waals surface area contributed by atoms with Crippen LogP contribution in [0.15, 0.2) is 18.2 Å². The third-order valence-corrected chi connectivity index (χ3v) is 2.42. The highest BCUT2D eigenvalue weighted by molar-refractivity contribution is 6.00. The Kier molecular flexibility index (Phi) is 5.00. The van der Waals surface area contributed by atoms with Crippen LogP contribution in [-0.2, 0) is 0 Å². The second-order valence-corrected chi connectivity index (χ2v) is 5.19. The molecule has 0 amide bonds. The number of methoxy groups -OCH3 is 2. The van der Waals surface area contributed by atoms with Gasteiger partial charge in [0, 0.05) is 5.41 Å². The Morgan fingerprint density at radius 2 is 1.89 bits per heavy atom. The molecule has 1 aromatic rings. The first-order chi connectivity index (χ1) is 8.89. The molecule has 19 heavy (non-hydrogen) atoms. The van der Waals surface area contributed by atoms with Crippen molar-refractivity contribution in [3.8, 4) is 23.3 Å². The maximum atomic E-state index is 12.1. The molecule has 0 aliphatic carbocycles. The first kappa shape index (κ1) is 15.1. The summed E-state index contributed by atoms with van der Waals surface area (Å²) in [5.41, 5.74) is 0.406. The maximum absolute atomic E-state index is 12.1. The van der Waals surface area contributed by atoms with Gasteiger partial charge in [-0.15, -0.1) is 0 Å². The van der Waals surface area contributed by atoms with Gasteiger partial charge < -0.3 is 9.47 Å². The Morgan fingerprint density at radius 1 is 1.21 bits per heavy atom. The summed E-state index contributed by atoms with van der Waals surface area (Å²) >= 11 is 0. The lowest BCUT2D eigenvalue weighted by Gasteiger charge is -2.11. The number of ether oxygens (including phenoxy) is 2. The lowest BCUT2D eigenvalue weighted by Crippen LogP contribution is -2.04. The van der Waals surface area contributed by atoms with Crippen LogP contribution in [0.3, 0.4) is 0 Å². The molecule has 0 unspecified atom stereocenters. The van der Waals surface area contributed by atoms with E-state index in [0.29, 0.717) is 17.1 Å². The largest absolute Gasteiger partial charge is 0.493 e. The van der Waals surface area contributed by atoms with E-state index in [-0.39, 0.29) is 17.6 Å². The van der Waals surface area contributed by atoms with Gasteiger partial charge in [-0.3, -0.25) is 4.79 Å². The summed E-state index contributed by atoms with van der Waals surface area (Å²) in [7, 11) is 3.07. The summed E-state index contributed by atoms with van der Waals surface area (Å²) < 4.78 is 10.4. The molecule has 1 rings (SSSR count). The van der Waals surface area contributed by atoms with Crippen molar-refractivity contribution in [2.45, 2.75) is 27.2 Å². The van der Waals surface area contributed by atoms with E-state index in [0.717, 1.165) is 0 Å². The highest BCUT2D eigenvalue weighted by Gasteiger charge is 2.15. The number of ketones is 1. The Morgan fingerprint density at radius 3 is 2.42 bits per heavy atom. The molecule has 0 saturated heterocycles. The molecule has 3 heteroatoms. The fourth-order valence-corrected chi connectivity index (χ4v) is 1.59. The molecule has 0 fully saturated rings. The number of rotatable bonds is 4. The average Bonchev–Trinajstić information content (AvgIpc) is 2.35. The molecule has 0 aliphatic rings. The first-order valence-corrected chi connectivity index (χ1v) is 6.13. The van der Waals surface area contributed by atoms with Gasteiger partial charge >= 0.3 is 0 Å². The standard InChI is InChI=1S/C16H20O3/c1-16(2,3)11-7-9-13(17)12-8-6-10-14(18-4)15(12)19-5/h6,8,10H,9H2,1-5H3. The number of benzene rings is 1. The van der Waals surface area contributed by atoms with Crippen molar-refractivity contribution in [2.24, 2.45) is 5.41 Å². The van der Waals surface area contributed by atoms with E-state index in [1.807, 2.05) is 20.8 Å². The highest BCUT2D eigenvalue weighted by Crippen LogP contribution is 2.31. The van der Waals surface area contributed by atoms with Gasteiger partial charge in [0.25, 0.3) is 0 Å². The van der Waals surface area contributed by atoms with Crippen LogP contribution in [0.2, 0.25) is 0 Å². The molecule has 1 aromatic carbocycles. The Bertz CT molecular complexity index is 513. The maximum Gasteiger partial charge on any atom is 0.178 e. The van der Waals surface area contributed by atoms with Crippen LogP contribution in [-0.4, -0.2) is 20.0 Å². The number of hydrogen-bond acceptors (Lipinski definition) is 3. The lowest BCUT2D eigenvalue weighted by molar-refractivity contribution is 0.0994. The zero-order chi connectivity index (χ0) is 14.5. The summed E-state index contributed by atoms with van der Waals surface area (Å²) in [6, 6.07) is 5.25. The quantitative estimate of drug-likeness (QED) is 0.615. The average molecular weight is 260 g/mol. The van der Waals surface area contributed by atoms with Gasteiger partial charge in [0.15, 0.2) is 17.3 Å². The van der Waals surface area contributed by atoms with Crippen molar-refractivity contribution in [3.05, 3.63) is 23.8 Å². The van der Waals surface area contributed by atoms with Gasteiger partial charge in [0.05, 0.1) is 26.2 Å². The third kappa shape index (κ3) is 4.33. The minimum Gasteiger partial charge on any atom is -0.493 e. The zero-order valence-electron chi connectivity index (χ0n) is 12.2. The van der Waals surface area contributed by atoms with Gasteiger partial charge in [-0.05, 0) is 32.9 Å². The van der Waals surface area contributed by atoms with Gasteiger partial charge in [-0.2, -0.15) is 0 Å². The highest BCUT2D eigenvalue weighted by atomic mass is 16.5. The number of hydrogen-bond donors (Lipinski definition) is 0. The Labute approximate surface area is 114 Å². The number of para-hydroxylation sites is 1. The van der Waals surface area contributed by atoms with Crippen LogP contribution in [0, 0.1) is 17.3 Å². The van der Waals surface area contributed by atoms with Crippen LogP contribution >= 0.6 is 0 Å². The van der Waals surface area contributed by atoms with E-state index in [2.05, 4.69) is 11.8 Å². The van der Waals surface area contributed by atoms with Crippen molar-refractivity contribution in [2.75, 3.05) is 14.2 Å². The molecule has 0 radical (unpaired) electrons. The van der Waals surface area contributed by atoms with Crippen molar-refractivity contribution in [1.82, 2.24) is 0 Å². The molecule has 0 saturated carbocycles. The normalized spacial score (nSPS) is 10.4. The number of carbonyl (C=O) groups is 1. The summed E-state index contributed by atoms with van der Waals surface area (Å²) in [5, 5.41) is 0. The summed E-state index contributed by atoms with van der Waals surface area (Å²) in [5.74, 6) is 6.92. The first-order valence-electron chi connectivity index (χ1n) is 6.13. The molecule has 0 spiro atoms. The zero-order valence-corrected chi connectivity index (χ0v) is 12.2. The summed E-state index contributed by atoms with van der Waals surface area (Å²) in [4.78, 5) is 12.1. The van der Waals surface area contributed by atoms with E-state index in [4.69, 9.17) is 9.47 Å². The van der Waals surface area contributed by atoms with Crippen molar-refractivity contribution >= 4 is 5.78 Å². The predicted octanol–water partition coefficient (Wildman–Crippen LogP) is 3.33. The van der Waals surface area contributed by atoms with E-state index in [1.54, 1.807) is 25.3 Å². The van der Waals surface area contributed by atoms with Crippen LogP contribution in [0.4, 0.5) is 0 Å². The SMILES string of the molecule is COc1cccc(C(=O)CC#CC(C)(C)C)c1OC. The second kappa shape index (κ2) is 6.29. The van der Waals surface area contributed by atoms with Gasteiger partial charge in [-0.25, -0.2) is 0 Å². The van der Waals surface area contributed by atoms with Crippen molar-refractivity contribution < 1.29 is 14.3 Å². The van der Waals surface area contributed by atoms with E-state index in [1.165, 1.54) is 7.11 Å². The summed E-state index contributed by atoms with van der Waals surface area (Å²) in [6.45, 7) is 6.03. The van der Waals surface area contributed by atoms with Crippen molar-refractivity contribution in [1.29, 1.82) is 0 Å². The smallest absolute Gasteiger partial charge is 0.178 e. The monoisotopic (exact) mass is 260 g/mol. The molecule has 0 aromatic heterocycles. The second-order valence-electron chi connectivity index (χ2n) is 5.19. The van der Waals surface area contributed by atoms with Crippen LogP contribution < -0.4 is 9.47 Å². The Hall–Kier alpha value is -1.95. The molecular formula is C16H20O3. The number of Topliss-reactive ketones (excluding diaryl/α,β-unsaturated/α-hetero) is 1. The van der Waals surface area contributed by atoms with Crippen LogP contribution in [0.1, 0.15) is 37.6 Å². The molecule has 0 atom stereocenters. The minimum absolute atomic E-state index is 0.0625. The molecule has 3 nitrogen and oxygen atoms in total. The molecule has 0 bridgehead atoms. The van der Waals surface area contributed by atoms with E-state index >= 15 is 0 Å². The fourth-order valence-electron chi connectivity index (χ4n) is 1.59. The van der Waals surface area contributed by atoms with E-state index < -0.39 is 0 Å². The summed E-state index contributed by atoms with van der Waals surface area (Å²) in [6.07, 6.45) is 0.181. The molecule has 0 heterocycles. The predicted molar refractivity (Wildman–Crippen MR) is 75.7 cm³/mol. The number of carbonyl (C=O) groups excluding carboxylic acids is 1. The fraction of sp³-hybridized carbons (Fsp3) is 0.438. The van der Waals surface area contributed by atoms with Crippen LogP contribution in [0.25, 0.3) is 0 Å². The van der Waals surface area contributed by atoms with Crippen molar-refractivity contribution in [3.63, 3.8) is 0 Å². The molecule has 0 N–H and O–H groups in total. The van der Waals surface area contributed by atoms with Crippen LogP contribution in [0.5, 0.6) is 11.5 Å². The third-order valence-electron chi connectivity index (χ3n) is 2.42. The van der Waals surface area contributed by atoms with E-state index in [9.17, 15) is 4.79 Å². The van der Waals surface area contributed by atoms with Gasteiger partial charge in [0.2, 0.25) is 0 Å². The minimum atomic E-state index is -0.0985. The molecule has 0 aliphatic heterocycles. The molecular weight excluding hydrogens is 240 g/mol.